The second-order valence-corrected chi connectivity index (χ2v) is 6.43. The van der Waals surface area contributed by atoms with Crippen LogP contribution in [0.1, 0.15) is 19.4 Å². The summed E-state index contributed by atoms with van der Waals surface area (Å²) in [5.41, 5.74) is 6.58. The number of hydrogen-bond donors (Lipinski definition) is 2. The molecule has 1 aromatic rings. The van der Waals surface area contributed by atoms with Crippen molar-refractivity contribution in [1.82, 2.24) is 5.32 Å². The van der Waals surface area contributed by atoms with Gasteiger partial charge >= 0.3 is 0 Å². The number of halogens is 1. The third-order valence-corrected chi connectivity index (χ3v) is 3.35. The minimum Gasteiger partial charge on any atom is -0.370 e. The van der Waals surface area contributed by atoms with E-state index in [4.69, 9.17) is 5.73 Å². The van der Waals surface area contributed by atoms with Gasteiger partial charge in [0.05, 0.1) is 11.4 Å². The van der Waals surface area contributed by atoms with E-state index in [-0.39, 0.29) is 30.0 Å². The van der Waals surface area contributed by atoms with Gasteiger partial charge in [0, 0.05) is 12.3 Å². The minimum atomic E-state index is -3.14. The van der Waals surface area contributed by atoms with Crippen molar-refractivity contribution in [3.05, 3.63) is 29.8 Å². The van der Waals surface area contributed by atoms with Gasteiger partial charge in [-0.15, -0.1) is 24.0 Å². The number of rotatable bonds is 4. The Morgan fingerprint density at radius 3 is 2.26 bits per heavy atom. The number of hydrogen-bond acceptors (Lipinski definition) is 3. The largest absolute Gasteiger partial charge is 0.370 e. The third kappa shape index (κ3) is 6.76. The summed E-state index contributed by atoms with van der Waals surface area (Å²) in [5, 5.41) is 2.98. The lowest BCUT2D eigenvalue weighted by Crippen LogP contribution is -2.36. The van der Waals surface area contributed by atoms with E-state index in [9.17, 15) is 8.42 Å². The van der Waals surface area contributed by atoms with Gasteiger partial charge in [-0.3, -0.25) is 0 Å². The van der Waals surface area contributed by atoms with Crippen molar-refractivity contribution >= 4 is 39.8 Å². The molecule has 0 aliphatic carbocycles. The molecule has 0 aliphatic heterocycles. The predicted molar refractivity (Wildman–Crippen MR) is 88.6 cm³/mol. The van der Waals surface area contributed by atoms with E-state index in [2.05, 4.69) is 10.3 Å². The highest BCUT2D eigenvalue weighted by molar-refractivity contribution is 14.0. The fraction of sp³-hybridized carbons (Fsp3) is 0.417. The van der Waals surface area contributed by atoms with Crippen LogP contribution in [0.3, 0.4) is 0 Å². The fourth-order valence-electron chi connectivity index (χ4n) is 1.36. The molecule has 0 saturated carbocycles. The Balaban J connectivity index is 0.00000324. The summed E-state index contributed by atoms with van der Waals surface area (Å²) in [6.45, 7) is 4.38. The van der Waals surface area contributed by atoms with Gasteiger partial charge in [0.15, 0.2) is 15.8 Å². The first-order valence-electron chi connectivity index (χ1n) is 5.64. The maximum absolute atomic E-state index is 11.3. The standard InChI is InChI=1S/C12H19N3O2S.HI/c1-9(2)15-12(13)14-8-10-4-6-11(7-5-10)18(3,16)17;/h4-7,9H,8H2,1-3H3,(H3,13,14,15);1H. The summed E-state index contributed by atoms with van der Waals surface area (Å²) < 4.78 is 22.5. The van der Waals surface area contributed by atoms with Gasteiger partial charge in [0.25, 0.3) is 0 Å². The molecule has 0 heterocycles. The summed E-state index contributed by atoms with van der Waals surface area (Å²) in [7, 11) is -3.14. The maximum Gasteiger partial charge on any atom is 0.189 e. The molecule has 0 atom stereocenters. The molecule has 0 aromatic heterocycles. The van der Waals surface area contributed by atoms with E-state index in [0.717, 1.165) is 5.56 Å². The van der Waals surface area contributed by atoms with Crippen LogP contribution in [0, 0.1) is 0 Å². The molecule has 3 N–H and O–H groups in total. The van der Waals surface area contributed by atoms with Crippen LogP contribution in [-0.4, -0.2) is 26.7 Å². The summed E-state index contributed by atoms with van der Waals surface area (Å²) in [4.78, 5) is 4.47. The maximum atomic E-state index is 11.3. The molecule has 0 bridgehead atoms. The van der Waals surface area contributed by atoms with E-state index >= 15 is 0 Å². The van der Waals surface area contributed by atoms with Crippen molar-refractivity contribution in [2.75, 3.05) is 6.26 Å². The van der Waals surface area contributed by atoms with Gasteiger partial charge in [0.1, 0.15) is 0 Å². The number of guanidine groups is 1. The van der Waals surface area contributed by atoms with Gasteiger partial charge in [-0.25, -0.2) is 13.4 Å². The Hall–Kier alpha value is -0.830. The van der Waals surface area contributed by atoms with Gasteiger partial charge in [-0.1, -0.05) is 12.1 Å². The van der Waals surface area contributed by atoms with E-state index in [1.807, 2.05) is 13.8 Å². The smallest absolute Gasteiger partial charge is 0.189 e. The van der Waals surface area contributed by atoms with E-state index in [1.165, 1.54) is 6.26 Å². The summed E-state index contributed by atoms with van der Waals surface area (Å²) >= 11 is 0. The first kappa shape index (κ1) is 18.2. The second kappa shape index (κ2) is 7.68. The number of aliphatic imine (C=N–C) groups is 1. The van der Waals surface area contributed by atoms with Crippen LogP contribution in [0.25, 0.3) is 0 Å². The Morgan fingerprint density at radius 1 is 1.32 bits per heavy atom. The molecule has 108 valence electrons. The molecule has 1 rings (SSSR count). The molecule has 19 heavy (non-hydrogen) atoms. The summed E-state index contributed by atoms with van der Waals surface area (Å²) in [5.74, 6) is 0.386. The Morgan fingerprint density at radius 2 is 1.84 bits per heavy atom. The quantitative estimate of drug-likeness (QED) is 0.459. The molecule has 1 aromatic carbocycles. The highest BCUT2D eigenvalue weighted by atomic mass is 127. The minimum absolute atomic E-state index is 0. The summed E-state index contributed by atoms with van der Waals surface area (Å²) in [6.07, 6.45) is 1.19. The highest BCUT2D eigenvalue weighted by Crippen LogP contribution is 2.10. The van der Waals surface area contributed by atoms with Gasteiger partial charge in [-0.2, -0.15) is 0 Å². The molecule has 0 saturated heterocycles. The van der Waals surface area contributed by atoms with Gasteiger partial charge in [-0.05, 0) is 31.5 Å². The van der Waals surface area contributed by atoms with Gasteiger partial charge < -0.3 is 11.1 Å². The number of nitrogens with one attached hydrogen (secondary N) is 1. The van der Waals surface area contributed by atoms with Crippen LogP contribution in [0.5, 0.6) is 0 Å². The first-order chi connectivity index (χ1) is 8.29. The molecule has 0 radical (unpaired) electrons. The van der Waals surface area contributed by atoms with Crippen LogP contribution >= 0.6 is 24.0 Å². The monoisotopic (exact) mass is 397 g/mol. The second-order valence-electron chi connectivity index (χ2n) is 4.42. The van der Waals surface area contributed by atoms with Crippen molar-refractivity contribution in [1.29, 1.82) is 0 Å². The van der Waals surface area contributed by atoms with E-state index < -0.39 is 9.84 Å². The zero-order valence-corrected chi connectivity index (χ0v) is 14.4. The van der Waals surface area contributed by atoms with E-state index in [1.54, 1.807) is 24.3 Å². The van der Waals surface area contributed by atoms with Crippen molar-refractivity contribution in [2.24, 2.45) is 10.7 Å². The lowest BCUT2D eigenvalue weighted by Gasteiger charge is -2.08. The first-order valence-corrected chi connectivity index (χ1v) is 7.53. The van der Waals surface area contributed by atoms with Crippen LogP contribution < -0.4 is 11.1 Å². The van der Waals surface area contributed by atoms with E-state index in [0.29, 0.717) is 17.4 Å². The number of nitrogens with zero attached hydrogens (tertiary/aromatic N) is 1. The highest BCUT2D eigenvalue weighted by Gasteiger charge is 2.05. The van der Waals surface area contributed by atoms with Crippen molar-refractivity contribution in [3.8, 4) is 0 Å². The number of benzene rings is 1. The lowest BCUT2D eigenvalue weighted by molar-refractivity contribution is 0.602. The molecular weight excluding hydrogens is 377 g/mol. The molecule has 0 amide bonds. The third-order valence-electron chi connectivity index (χ3n) is 2.22. The average Bonchev–Trinajstić information content (AvgIpc) is 2.25. The molecular formula is C12H20IN3O2S. The van der Waals surface area contributed by atoms with Crippen molar-refractivity contribution < 1.29 is 8.42 Å². The van der Waals surface area contributed by atoms with Crippen LogP contribution in [0.15, 0.2) is 34.2 Å². The molecule has 0 fully saturated rings. The molecule has 0 unspecified atom stereocenters. The SMILES string of the molecule is CC(C)NC(N)=NCc1ccc(S(C)(=O)=O)cc1.I. The van der Waals surface area contributed by atoms with Crippen LogP contribution in [0.2, 0.25) is 0 Å². The van der Waals surface area contributed by atoms with Crippen molar-refractivity contribution in [3.63, 3.8) is 0 Å². The number of nitrogens with two attached hydrogens (primary N) is 1. The topological polar surface area (TPSA) is 84.5 Å². The predicted octanol–water partition coefficient (Wildman–Crippen LogP) is 1.52. The molecule has 5 nitrogen and oxygen atoms in total. The van der Waals surface area contributed by atoms with Gasteiger partial charge in [0.2, 0.25) is 0 Å². The average molecular weight is 397 g/mol. The zero-order chi connectivity index (χ0) is 13.8. The molecule has 0 spiro atoms. The number of sulfone groups is 1. The molecule has 0 aliphatic rings. The van der Waals surface area contributed by atoms with Crippen LogP contribution in [0.4, 0.5) is 0 Å². The Kier molecular flexibility index (Phi) is 7.35. The zero-order valence-electron chi connectivity index (χ0n) is 11.3. The Bertz CT molecular complexity index is 524. The summed E-state index contributed by atoms with van der Waals surface area (Å²) in [6, 6.07) is 6.87. The van der Waals surface area contributed by atoms with Crippen LogP contribution in [-0.2, 0) is 16.4 Å². The molecule has 7 heteroatoms. The van der Waals surface area contributed by atoms with Crippen molar-refractivity contribution in [2.45, 2.75) is 31.3 Å². The Labute approximate surface area is 131 Å². The fourth-order valence-corrected chi connectivity index (χ4v) is 1.99. The normalized spacial score (nSPS) is 12.1. The lowest BCUT2D eigenvalue weighted by atomic mass is 10.2.